The Bertz CT molecular complexity index is 717. The number of imidazole rings is 1. The van der Waals surface area contributed by atoms with E-state index in [1.807, 2.05) is 6.07 Å². The van der Waals surface area contributed by atoms with Gasteiger partial charge in [0.2, 0.25) is 0 Å². The Balaban J connectivity index is 1.75. The van der Waals surface area contributed by atoms with Gasteiger partial charge in [-0.1, -0.05) is 12.1 Å². The van der Waals surface area contributed by atoms with Gasteiger partial charge in [0.1, 0.15) is 5.82 Å². The molecule has 0 amide bonds. The highest BCUT2D eigenvalue weighted by molar-refractivity contribution is 9.10. The van der Waals surface area contributed by atoms with Gasteiger partial charge in [-0.15, -0.1) is 11.3 Å². The molecule has 1 aromatic carbocycles. The van der Waals surface area contributed by atoms with Crippen molar-refractivity contribution < 1.29 is 0 Å². The van der Waals surface area contributed by atoms with Gasteiger partial charge in [0, 0.05) is 22.4 Å². The van der Waals surface area contributed by atoms with E-state index in [9.17, 15) is 0 Å². The summed E-state index contributed by atoms with van der Waals surface area (Å²) in [6, 6.07) is 10.4. The molecule has 104 valence electrons. The lowest BCUT2D eigenvalue weighted by Crippen LogP contribution is -2.16. The predicted octanol–water partition coefficient (Wildman–Crippen LogP) is 4.17. The Kier molecular flexibility index (Phi) is 4.19. The van der Waals surface area contributed by atoms with Gasteiger partial charge in [-0.25, -0.2) is 4.98 Å². The Hall–Kier alpha value is -1.17. The van der Waals surface area contributed by atoms with Gasteiger partial charge >= 0.3 is 0 Å². The van der Waals surface area contributed by atoms with Gasteiger partial charge in [0.25, 0.3) is 0 Å². The fourth-order valence-electron chi connectivity index (χ4n) is 2.35. The quantitative estimate of drug-likeness (QED) is 0.749. The van der Waals surface area contributed by atoms with E-state index in [4.69, 9.17) is 4.98 Å². The number of aryl methyl sites for hydroxylation is 1. The van der Waals surface area contributed by atoms with E-state index in [0.29, 0.717) is 0 Å². The smallest absolute Gasteiger partial charge is 0.123 e. The minimum atomic E-state index is 0.785. The van der Waals surface area contributed by atoms with Crippen LogP contribution in [0.5, 0.6) is 0 Å². The number of nitrogens with zero attached hydrogens (tertiary/aromatic N) is 2. The molecule has 2 aromatic heterocycles. The van der Waals surface area contributed by atoms with Crippen molar-refractivity contribution in [3.8, 4) is 0 Å². The molecule has 3 aromatic rings. The van der Waals surface area contributed by atoms with Gasteiger partial charge in [-0.2, -0.15) is 0 Å². The summed E-state index contributed by atoms with van der Waals surface area (Å²) >= 11 is 5.32. The van der Waals surface area contributed by atoms with Crippen LogP contribution in [0.3, 0.4) is 0 Å². The van der Waals surface area contributed by atoms with E-state index in [-0.39, 0.29) is 0 Å². The number of rotatable bonds is 5. The maximum absolute atomic E-state index is 4.72. The highest BCUT2D eigenvalue weighted by atomic mass is 79.9. The standard InChI is InChI=1S/C15H16BrN3S/c1-2-19-13-6-4-3-5-12(13)18-15(19)10-17-9-14-11(16)7-8-20-14/h3-8,17H,2,9-10H2,1H3. The molecule has 0 saturated heterocycles. The molecule has 0 aliphatic carbocycles. The SMILES string of the molecule is CCn1c(CNCc2sccc2Br)nc2ccccc21. The van der Waals surface area contributed by atoms with E-state index in [1.54, 1.807) is 11.3 Å². The van der Waals surface area contributed by atoms with Crippen molar-refractivity contribution >= 4 is 38.3 Å². The molecule has 3 nitrogen and oxygen atoms in total. The Morgan fingerprint density at radius 1 is 1.25 bits per heavy atom. The average molecular weight is 350 g/mol. The van der Waals surface area contributed by atoms with Crippen LogP contribution in [-0.4, -0.2) is 9.55 Å². The van der Waals surface area contributed by atoms with Crippen molar-refractivity contribution in [3.05, 3.63) is 50.9 Å². The van der Waals surface area contributed by atoms with Crippen molar-refractivity contribution in [2.75, 3.05) is 0 Å². The summed E-state index contributed by atoms with van der Waals surface area (Å²) in [6.07, 6.45) is 0. The molecule has 0 radical (unpaired) electrons. The number of benzene rings is 1. The second-order valence-electron chi connectivity index (χ2n) is 4.56. The molecular weight excluding hydrogens is 334 g/mol. The zero-order valence-corrected chi connectivity index (χ0v) is 13.7. The van der Waals surface area contributed by atoms with Gasteiger partial charge in [0.15, 0.2) is 0 Å². The van der Waals surface area contributed by atoms with Crippen LogP contribution in [0.4, 0.5) is 0 Å². The normalized spacial score (nSPS) is 11.3. The van der Waals surface area contributed by atoms with Crippen LogP contribution in [0.2, 0.25) is 0 Å². The summed E-state index contributed by atoms with van der Waals surface area (Å²) in [5.74, 6) is 1.10. The van der Waals surface area contributed by atoms with Crippen LogP contribution < -0.4 is 5.32 Å². The molecule has 2 heterocycles. The molecular formula is C15H16BrN3S. The summed E-state index contributed by atoms with van der Waals surface area (Å²) < 4.78 is 3.45. The molecule has 20 heavy (non-hydrogen) atoms. The minimum absolute atomic E-state index is 0.785. The van der Waals surface area contributed by atoms with Crippen LogP contribution in [0.1, 0.15) is 17.6 Å². The molecule has 0 fully saturated rings. The van der Waals surface area contributed by atoms with Crippen molar-refractivity contribution in [3.63, 3.8) is 0 Å². The molecule has 1 N–H and O–H groups in total. The third kappa shape index (κ3) is 2.66. The number of hydrogen-bond donors (Lipinski definition) is 1. The second kappa shape index (κ2) is 6.08. The maximum Gasteiger partial charge on any atom is 0.123 e. The first kappa shape index (κ1) is 13.8. The number of para-hydroxylation sites is 2. The van der Waals surface area contributed by atoms with Crippen molar-refractivity contribution in [1.82, 2.24) is 14.9 Å². The van der Waals surface area contributed by atoms with Gasteiger partial charge in [0.05, 0.1) is 17.6 Å². The predicted molar refractivity (Wildman–Crippen MR) is 88.0 cm³/mol. The highest BCUT2D eigenvalue weighted by Gasteiger charge is 2.08. The molecule has 3 rings (SSSR count). The van der Waals surface area contributed by atoms with Crippen molar-refractivity contribution in [1.29, 1.82) is 0 Å². The number of fused-ring (bicyclic) bond motifs is 1. The second-order valence-corrected chi connectivity index (χ2v) is 6.41. The van der Waals surface area contributed by atoms with Crippen molar-refractivity contribution in [2.24, 2.45) is 0 Å². The van der Waals surface area contributed by atoms with E-state index in [1.165, 1.54) is 14.9 Å². The summed E-state index contributed by atoms with van der Waals surface area (Å²) in [6.45, 7) is 4.76. The number of halogens is 1. The molecule has 5 heteroatoms. The fraction of sp³-hybridized carbons (Fsp3) is 0.267. The van der Waals surface area contributed by atoms with Crippen LogP contribution in [0.15, 0.2) is 40.2 Å². The van der Waals surface area contributed by atoms with Gasteiger partial charge in [-0.05, 0) is 46.4 Å². The number of hydrogen-bond acceptors (Lipinski definition) is 3. The largest absolute Gasteiger partial charge is 0.327 e. The highest BCUT2D eigenvalue weighted by Crippen LogP contribution is 2.22. The third-order valence-electron chi connectivity index (χ3n) is 3.31. The molecule has 0 aliphatic rings. The molecule has 0 atom stereocenters. The monoisotopic (exact) mass is 349 g/mol. The van der Waals surface area contributed by atoms with E-state index >= 15 is 0 Å². The summed E-state index contributed by atoms with van der Waals surface area (Å²) in [4.78, 5) is 6.04. The van der Waals surface area contributed by atoms with Crippen LogP contribution >= 0.6 is 27.3 Å². The summed E-state index contributed by atoms with van der Waals surface area (Å²) in [5.41, 5.74) is 2.28. The number of nitrogens with one attached hydrogen (secondary N) is 1. The maximum atomic E-state index is 4.72. The zero-order valence-electron chi connectivity index (χ0n) is 11.3. The summed E-state index contributed by atoms with van der Waals surface area (Å²) in [7, 11) is 0. The minimum Gasteiger partial charge on any atom is -0.327 e. The van der Waals surface area contributed by atoms with E-state index in [0.717, 1.165) is 31.0 Å². The lowest BCUT2D eigenvalue weighted by atomic mass is 10.3. The van der Waals surface area contributed by atoms with Crippen LogP contribution in [-0.2, 0) is 19.6 Å². The van der Waals surface area contributed by atoms with E-state index < -0.39 is 0 Å². The zero-order chi connectivity index (χ0) is 13.9. The fourth-order valence-corrected chi connectivity index (χ4v) is 3.81. The Labute approximate surface area is 130 Å². The average Bonchev–Trinajstić information content (AvgIpc) is 3.02. The molecule has 0 unspecified atom stereocenters. The lowest BCUT2D eigenvalue weighted by molar-refractivity contribution is 0.623. The first-order valence-corrected chi connectivity index (χ1v) is 8.33. The number of thiophene rings is 1. The van der Waals surface area contributed by atoms with Crippen LogP contribution in [0, 0.1) is 0 Å². The third-order valence-corrected chi connectivity index (χ3v) is 5.24. The molecule has 0 spiro atoms. The number of aromatic nitrogens is 2. The van der Waals surface area contributed by atoms with E-state index in [2.05, 4.69) is 62.4 Å². The van der Waals surface area contributed by atoms with Gasteiger partial charge < -0.3 is 9.88 Å². The first-order valence-electron chi connectivity index (χ1n) is 6.66. The van der Waals surface area contributed by atoms with Gasteiger partial charge in [-0.3, -0.25) is 0 Å². The van der Waals surface area contributed by atoms with Crippen molar-refractivity contribution in [2.45, 2.75) is 26.6 Å². The van der Waals surface area contributed by atoms with Crippen LogP contribution in [0.25, 0.3) is 11.0 Å². The Morgan fingerprint density at radius 3 is 2.85 bits per heavy atom. The topological polar surface area (TPSA) is 29.9 Å². The molecule has 0 saturated carbocycles. The Morgan fingerprint density at radius 2 is 2.10 bits per heavy atom. The molecule has 0 bridgehead atoms. The lowest BCUT2D eigenvalue weighted by Gasteiger charge is -2.07. The molecule has 0 aliphatic heterocycles. The summed E-state index contributed by atoms with van der Waals surface area (Å²) in [5, 5.41) is 5.58. The first-order chi connectivity index (χ1) is 9.79.